The SMILES string of the molecule is COC(=O)c1ncc2c(n1)N(C(=O)Nc1cccc(OCC3COC(C)(C)O3)n1)[C@H]1CCCN2C1. The van der Waals surface area contributed by atoms with Crippen LogP contribution in [-0.4, -0.2) is 78.3 Å². The van der Waals surface area contributed by atoms with Gasteiger partial charge in [0.1, 0.15) is 18.5 Å². The number of carbonyl (C=O) groups is 2. The van der Waals surface area contributed by atoms with Crippen molar-refractivity contribution in [2.75, 3.05) is 48.5 Å². The van der Waals surface area contributed by atoms with E-state index in [2.05, 4.69) is 25.2 Å². The van der Waals surface area contributed by atoms with E-state index in [1.807, 2.05) is 13.8 Å². The van der Waals surface area contributed by atoms with Crippen molar-refractivity contribution >= 4 is 29.3 Å². The Morgan fingerprint density at radius 2 is 2.14 bits per heavy atom. The number of anilines is 3. The number of rotatable bonds is 5. The maximum Gasteiger partial charge on any atom is 0.376 e. The largest absolute Gasteiger partial charge is 0.475 e. The number of nitrogens with one attached hydrogen (secondary N) is 1. The predicted octanol–water partition coefficient (Wildman–Crippen LogP) is 2.21. The van der Waals surface area contributed by atoms with Crippen LogP contribution in [0.5, 0.6) is 5.88 Å². The summed E-state index contributed by atoms with van der Waals surface area (Å²) in [7, 11) is 1.27. The summed E-state index contributed by atoms with van der Waals surface area (Å²) in [4.78, 5) is 42.1. The molecule has 2 amide bonds. The van der Waals surface area contributed by atoms with Crippen LogP contribution < -0.4 is 19.9 Å². The lowest BCUT2D eigenvalue weighted by molar-refractivity contribution is -0.141. The Kier molecular flexibility index (Phi) is 6.15. The van der Waals surface area contributed by atoms with Crippen LogP contribution in [0.25, 0.3) is 0 Å². The quantitative estimate of drug-likeness (QED) is 0.631. The lowest BCUT2D eigenvalue weighted by Crippen LogP contribution is -2.56. The number of nitrogens with zero attached hydrogens (tertiary/aromatic N) is 5. The van der Waals surface area contributed by atoms with Crippen LogP contribution in [0.4, 0.5) is 22.1 Å². The molecule has 35 heavy (non-hydrogen) atoms. The number of methoxy groups -OCH3 is 1. The molecule has 2 aromatic rings. The van der Waals surface area contributed by atoms with E-state index in [0.29, 0.717) is 36.4 Å². The summed E-state index contributed by atoms with van der Waals surface area (Å²) in [5.74, 6) is -0.325. The number of carbonyl (C=O) groups excluding carboxylic acids is 2. The van der Waals surface area contributed by atoms with E-state index in [1.54, 1.807) is 29.3 Å². The summed E-state index contributed by atoms with van der Waals surface area (Å²) >= 11 is 0. The molecular formula is C23H28N6O6. The molecule has 2 fully saturated rings. The van der Waals surface area contributed by atoms with Gasteiger partial charge in [-0.1, -0.05) is 6.07 Å². The smallest absolute Gasteiger partial charge is 0.376 e. The van der Waals surface area contributed by atoms with Crippen LogP contribution in [0, 0.1) is 0 Å². The average molecular weight is 485 g/mol. The number of pyridine rings is 1. The third-order valence-electron chi connectivity index (χ3n) is 6.11. The molecule has 1 N–H and O–H groups in total. The van der Waals surface area contributed by atoms with E-state index in [9.17, 15) is 9.59 Å². The number of piperidine rings is 1. The molecule has 3 aliphatic rings. The second-order valence-corrected chi connectivity index (χ2v) is 9.06. The van der Waals surface area contributed by atoms with Gasteiger partial charge in [-0.2, -0.15) is 4.98 Å². The Morgan fingerprint density at radius 1 is 1.29 bits per heavy atom. The molecule has 5 heterocycles. The number of aromatic nitrogens is 3. The summed E-state index contributed by atoms with van der Waals surface area (Å²) in [5.41, 5.74) is 0.704. The van der Waals surface area contributed by atoms with Crippen molar-refractivity contribution in [3.8, 4) is 5.88 Å². The maximum atomic E-state index is 13.4. The molecule has 186 valence electrons. The summed E-state index contributed by atoms with van der Waals surface area (Å²) in [6.45, 7) is 5.92. The first-order valence-electron chi connectivity index (χ1n) is 11.5. The highest BCUT2D eigenvalue weighted by atomic mass is 16.7. The van der Waals surface area contributed by atoms with E-state index >= 15 is 0 Å². The van der Waals surface area contributed by atoms with Gasteiger partial charge in [-0.3, -0.25) is 10.2 Å². The third kappa shape index (κ3) is 4.84. The number of amides is 2. The molecule has 12 heteroatoms. The molecule has 5 rings (SSSR count). The molecule has 2 aromatic heterocycles. The number of esters is 1. The van der Waals surface area contributed by atoms with Gasteiger partial charge in [0.2, 0.25) is 11.7 Å². The molecule has 12 nitrogen and oxygen atoms in total. The fraction of sp³-hybridized carbons (Fsp3) is 0.522. The van der Waals surface area contributed by atoms with Crippen molar-refractivity contribution in [1.82, 2.24) is 15.0 Å². The van der Waals surface area contributed by atoms with Crippen molar-refractivity contribution in [2.45, 2.75) is 44.6 Å². The molecule has 0 radical (unpaired) electrons. The van der Waals surface area contributed by atoms with E-state index in [1.165, 1.54) is 7.11 Å². The minimum Gasteiger partial charge on any atom is -0.475 e. The lowest BCUT2D eigenvalue weighted by Gasteiger charge is -2.45. The normalized spacial score (nSPS) is 22.4. The molecule has 0 aliphatic carbocycles. The van der Waals surface area contributed by atoms with E-state index < -0.39 is 17.8 Å². The van der Waals surface area contributed by atoms with Gasteiger partial charge in [-0.25, -0.2) is 19.6 Å². The fourth-order valence-corrected chi connectivity index (χ4v) is 4.53. The molecule has 3 aliphatic heterocycles. The second-order valence-electron chi connectivity index (χ2n) is 9.06. The van der Waals surface area contributed by atoms with Crippen molar-refractivity contribution in [3.05, 3.63) is 30.2 Å². The van der Waals surface area contributed by atoms with Crippen molar-refractivity contribution < 1.29 is 28.5 Å². The zero-order valence-electron chi connectivity index (χ0n) is 19.9. The second kappa shape index (κ2) is 9.27. The first kappa shape index (κ1) is 23.2. The van der Waals surface area contributed by atoms with Crippen molar-refractivity contribution in [2.24, 2.45) is 0 Å². The van der Waals surface area contributed by atoms with Gasteiger partial charge in [-0.15, -0.1) is 0 Å². The highest BCUT2D eigenvalue weighted by Gasteiger charge is 2.39. The molecule has 2 saturated heterocycles. The number of hydrogen-bond donors (Lipinski definition) is 1. The zero-order valence-corrected chi connectivity index (χ0v) is 19.9. The Balaban J connectivity index is 1.33. The molecule has 0 aromatic carbocycles. The zero-order chi connectivity index (χ0) is 24.6. The number of ether oxygens (including phenoxy) is 4. The van der Waals surface area contributed by atoms with Crippen LogP contribution in [-0.2, 0) is 14.2 Å². The monoisotopic (exact) mass is 484 g/mol. The van der Waals surface area contributed by atoms with Gasteiger partial charge in [-0.05, 0) is 32.8 Å². The topological polar surface area (TPSA) is 128 Å². The Morgan fingerprint density at radius 3 is 2.91 bits per heavy atom. The van der Waals surface area contributed by atoms with Crippen LogP contribution in [0.3, 0.4) is 0 Å². The van der Waals surface area contributed by atoms with Crippen LogP contribution in [0.15, 0.2) is 24.4 Å². The Bertz CT molecular complexity index is 1130. The van der Waals surface area contributed by atoms with Crippen molar-refractivity contribution in [3.63, 3.8) is 0 Å². The molecular weight excluding hydrogens is 456 g/mol. The first-order valence-corrected chi connectivity index (χ1v) is 11.5. The van der Waals surface area contributed by atoms with E-state index in [4.69, 9.17) is 18.9 Å². The summed E-state index contributed by atoms with van der Waals surface area (Å²) in [6.07, 6.45) is 3.11. The van der Waals surface area contributed by atoms with Gasteiger partial charge >= 0.3 is 12.0 Å². The number of hydrogen-bond acceptors (Lipinski definition) is 10. The first-order chi connectivity index (χ1) is 16.8. The van der Waals surface area contributed by atoms with Crippen LogP contribution in [0.2, 0.25) is 0 Å². The Labute approximate surface area is 202 Å². The summed E-state index contributed by atoms with van der Waals surface area (Å²) in [5, 5.41) is 2.84. The highest BCUT2D eigenvalue weighted by Crippen LogP contribution is 2.37. The van der Waals surface area contributed by atoms with Gasteiger partial charge in [0.15, 0.2) is 11.6 Å². The third-order valence-corrected chi connectivity index (χ3v) is 6.11. The number of urea groups is 1. The summed E-state index contributed by atoms with van der Waals surface area (Å²) < 4.78 is 21.8. The van der Waals surface area contributed by atoms with Gasteiger partial charge in [0, 0.05) is 19.2 Å². The van der Waals surface area contributed by atoms with Gasteiger partial charge in [0.25, 0.3) is 0 Å². The molecule has 2 atom stereocenters. The van der Waals surface area contributed by atoms with Crippen LogP contribution in [0.1, 0.15) is 37.3 Å². The minimum atomic E-state index is -0.662. The molecule has 0 spiro atoms. The molecule has 0 saturated carbocycles. The molecule has 2 bridgehead atoms. The highest BCUT2D eigenvalue weighted by molar-refractivity contribution is 6.04. The summed E-state index contributed by atoms with van der Waals surface area (Å²) in [6, 6.07) is 4.64. The van der Waals surface area contributed by atoms with Gasteiger partial charge in [0.05, 0.1) is 31.6 Å². The van der Waals surface area contributed by atoms with Gasteiger partial charge < -0.3 is 23.8 Å². The van der Waals surface area contributed by atoms with E-state index in [-0.39, 0.29) is 24.6 Å². The van der Waals surface area contributed by atoms with Crippen molar-refractivity contribution in [1.29, 1.82) is 0 Å². The number of fused-ring (bicyclic) bond motifs is 4. The standard InChI is InChI=1S/C23H28N6O6/c1-23(2)34-13-15(35-23)12-33-18-8-4-7-17(25-18)26-22(31)29-14-6-5-9-28(11-14)16-10-24-19(21(30)32-3)27-20(16)29/h4,7-8,10,14-15H,5-6,9,11-13H2,1-3H3,(H,25,26,31)/t14-,15?/m0/s1. The molecule has 1 unspecified atom stereocenters. The van der Waals surface area contributed by atoms with E-state index in [0.717, 1.165) is 19.4 Å². The predicted molar refractivity (Wildman–Crippen MR) is 125 cm³/mol. The lowest BCUT2D eigenvalue weighted by atomic mass is 10.0. The average Bonchev–Trinajstić information content (AvgIpc) is 3.21. The Hall–Kier alpha value is -3.51. The maximum absolute atomic E-state index is 13.4. The van der Waals surface area contributed by atoms with Crippen LogP contribution >= 0.6 is 0 Å². The fourth-order valence-electron chi connectivity index (χ4n) is 4.53. The minimum absolute atomic E-state index is 0.0972.